The number of nitrogens with zero attached hydrogens (tertiary/aromatic N) is 2. The van der Waals surface area contributed by atoms with Crippen LogP contribution in [0, 0.1) is 6.92 Å². The van der Waals surface area contributed by atoms with Gasteiger partial charge in [-0.3, -0.25) is 14.4 Å². The largest absolute Gasteiger partial charge is 0.340 e. The highest BCUT2D eigenvalue weighted by Crippen LogP contribution is 2.12. The molecule has 0 aliphatic rings. The van der Waals surface area contributed by atoms with Crippen LogP contribution in [0.15, 0.2) is 72.9 Å². The maximum Gasteiger partial charge on any atom is 0.251 e. The lowest BCUT2D eigenvalue weighted by Crippen LogP contribution is -2.50. The van der Waals surface area contributed by atoms with Gasteiger partial charge < -0.3 is 15.5 Å². The molecule has 0 saturated heterocycles. The minimum Gasteiger partial charge on any atom is -0.340 e. The highest BCUT2D eigenvalue weighted by molar-refractivity contribution is 6.30. The predicted octanol–water partition coefficient (Wildman–Crippen LogP) is 3.48. The summed E-state index contributed by atoms with van der Waals surface area (Å²) in [5.74, 6) is -0.750. The average Bonchev–Trinajstić information content (AvgIpc) is 2.79. The molecule has 1 aromatic heterocycles. The van der Waals surface area contributed by atoms with Crippen LogP contribution in [0.25, 0.3) is 0 Å². The first-order valence-corrected chi connectivity index (χ1v) is 10.8. The number of likely N-dealkylation sites (N-methyl/N-ethyl adjacent to an activating group) is 1. The monoisotopic (exact) mass is 464 g/mol. The van der Waals surface area contributed by atoms with Gasteiger partial charge in [0.1, 0.15) is 11.9 Å². The van der Waals surface area contributed by atoms with Gasteiger partial charge in [0.2, 0.25) is 11.8 Å². The lowest BCUT2D eigenvalue weighted by atomic mass is 10.0. The summed E-state index contributed by atoms with van der Waals surface area (Å²) in [7, 11) is 1.53. The lowest BCUT2D eigenvalue weighted by molar-refractivity contribution is -0.135. The van der Waals surface area contributed by atoms with Crippen molar-refractivity contribution in [1.82, 2.24) is 15.2 Å². The van der Waals surface area contributed by atoms with Crippen molar-refractivity contribution in [2.24, 2.45) is 0 Å². The van der Waals surface area contributed by atoms with E-state index in [1.807, 2.05) is 43.3 Å². The number of halogens is 1. The fraction of sp³-hybridized carbons (Fsp3) is 0.200. The Hall–Kier alpha value is -3.71. The highest BCUT2D eigenvalue weighted by Gasteiger charge is 2.26. The fourth-order valence-electron chi connectivity index (χ4n) is 3.24. The van der Waals surface area contributed by atoms with Crippen molar-refractivity contribution in [1.29, 1.82) is 0 Å². The molecule has 0 saturated carbocycles. The van der Waals surface area contributed by atoms with Crippen molar-refractivity contribution >= 4 is 35.1 Å². The van der Waals surface area contributed by atoms with Gasteiger partial charge in [0.05, 0.1) is 6.54 Å². The fourth-order valence-corrected chi connectivity index (χ4v) is 3.36. The molecule has 2 aromatic carbocycles. The van der Waals surface area contributed by atoms with E-state index in [4.69, 9.17) is 11.6 Å². The molecule has 3 aromatic rings. The molecule has 8 heteroatoms. The van der Waals surface area contributed by atoms with Crippen LogP contribution in [-0.2, 0) is 16.0 Å². The number of nitrogens with one attached hydrogen (secondary N) is 2. The van der Waals surface area contributed by atoms with E-state index in [1.165, 1.54) is 11.9 Å². The first-order valence-electron chi connectivity index (χ1n) is 10.4. The van der Waals surface area contributed by atoms with E-state index in [0.717, 1.165) is 11.1 Å². The molecule has 0 spiro atoms. The number of aromatic nitrogens is 1. The number of carbonyl (C=O) groups excluding carboxylic acids is 3. The van der Waals surface area contributed by atoms with Gasteiger partial charge in [0.15, 0.2) is 0 Å². The molecule has 170 valence electrons. The van der Waals surface area contributed by atoms with Gasteiger partial charge in [-0.2, -0.15) is 0 Å². The molecular formula is C25H25ClN4O3. The summed E-state index contributed by atoms with van der Waals surface area (Å²) in [5.41, 5.74) is 2.22. The highest BCUT2D eigenvalue weighted by atomic mass is 35.5. The third-order valence-electron chi connectivity index (χ3n) is 4.93. The molecule has 1 unspecified atom stereocenters. The second kappa shape index (κ2) is 11.2. The molecule has 7 nitrogen and oxygen atoms in total. The van der Waals surface area contributed by atoms with E-state index in [2.05, 4.69) is 15.6 Å². The summed E-state index contributed by atoms with van der Waals surface area (Å²) < 4.78 is 0. The van der Waals surface area contributed by atoms with Crippen LogP contribution in [0.5, 0.6) is 0 Å². The number of carbonyl (C=O) groups is 3. The summed E-state index contributed by atoms with van der Waals surface area (Å²) in [6.07, 6.45) is 1.88. The lowest BCUT2D eigenvalue weighted by Gasteiger charge is -2.24. The summed E-state index contributed by atoms with van der Waals surface area (Å²) in [6, 6.07) is 18.5. The quantitative estimate of drug-likeness (QED) is 0.534. The Morgan fingerprint density at radius 3 is 2.39 bits per heavy atom. The van der Waals surface area contributed by atoms with Crippen molar-refractivity contribution in [2.75, 3.05) is 18.9 Å². The Labute approximate surface area is 197 Å². The Bertz CT molecular complexity index is 1120. The first-order chi connectivity index (χ1) is 15.8. The zero-order valence-electron chi connectivity index (χ0n) is 18.4. The summed E-state index contributed by atoms with van der Waals surface area (Å²) in [6.45, 7) is 1.71. The van der Waals surface area contributed by atoms with E-state index in [1.54, 1.807) is 36.5 Å². The molecule has 0 aliphatic carbocycles. The van der Waals surface area contributed by atoms with E-state index < -0.39 is 11.9 Å². The third-order valence-corrected chi connectivity index (χ3v) is 5.18. The van der Waals surface area contributed by atoms with Gasteiger partial charge in [-0.15, -0.1) is 0 Å². The zero-order chi connectivity index (χ0) is 23.8. The maximum absolute atomic E-state index is 13.2. The number of hydrogen-bond acceptors (Lipinski definition) is 4. The van der Waals surface area contributed by atoms with Crippen LogP contribution in [0.1, 0.15) is 21.5 Å². The van der Waals surface area contributed by atoms with Crippen molar-refractivity contribution < 1.29 is 14.4 Å². The molecular weight excluding hydrogens is 440 g/mol. The zero-order valence-corrected chi connectivity index (χ0v) is 19.2. The topological polar surface area (TPSA) is 91.4 Å². The van der Waals surface area contributed by atoms with Gasteiger partial charge in [0.25, 0.3) is 5.91 Å². The van der Waals surface area contributed by atoms with E-state index >= 15 is 0 Å². The van der Waals surface area contributed by atoms with Gasteiger partial charge in [-0.1, -0.05) is 41.9 Å². The van der Waals surface area contributed by atoms with Crippen molar-refractivity contribution in [3.8, 4) is 0 Å². The number of hydrogen-bond donors (Lipinski definition) is 2. The molecule has 33 heavy (non-hydrogen) atoms. The van der Waals surface area contributed by atoms with Crippen LogP contribution >= 0.6 is 11.6 Å². The molecule has 1 heterocycles. The Kier molecular flexibility index (Phi) is 8.16. The predicted molar refractivity (Wildman–Crippen MR) is 128 cm³/mol. The Balaban J connectivity index is 1.70. The van der Waals surface area contributed by atoms with Gasteiger partial charge in [0, 0.05) is 30.3 Å². The smallest absolute Gasteiger partial charge is 0.251 e. The molecule has 0 bridgehead atoms. The molecule has 3 amide bonds. The van der Waals surface area contributed by atoms with Crippen LogP contribution < -0.4 is 10.6 Å². The maximum atomic E-state index is 13.2. The summed E-state index contributed by atoms with van der Waals surface area (Å²) in [4.78, 5) is 43.8. The molecule has 1 atom stereocenters. The number of aryl methyl sites for hydroxylation is 1. The van der Waals surface area contributed by atoms with Crippen molar-refractivity contribution in [3.63, 3.8) is 0 Å². The number of benzene rings is 2. The minimum atomic E-state index is -0.856. The van der Waals surface area contributed by atoms with Crippen LogP contribution in [0.2, 0.25) is 5.02 Å². The Morgan fingerprint density at radius 2 is 1.73 bits per heavy atom. The normalized spacial score (nSPS) is 11.4. The Morgan fingerprint density at radius 1 is 1.03 bits per heavy atom. The second-order valence-electron chi connectivity index (χ2n) is 7.68. The second-order valence-corrected chi connectivity index (χ2v) is 8.12. The van der Waals surface area contributed by atoms with E-state index in [9.17, 15) is 14.4 Å². The molecule has 0 aliphatic heterocycles. The number of amides is 3. The van der Waals surface area contributed by atoms with Gasteiger partial charge >= 0.3 is 0 Å². The van der Waals surface area contributed by atoms with Crippen LogP contribution in [0.3, 0.4) is 0 Å². The standard InChI is InChI=1S/C25H25ClN4O3/c1-17-12-13-27-22(14-17)29-23(31)16-30(2)25(33)21(15-18-6-4-3-5-7-18)28-24(32)19-8-10-20(26)11-9-19/h3-14,21H,15-16H2,1-2H3,(H,28,32)(H,27,29,31). The first kappa shape index (κ1) is 23.9. The molecule has 0 radical (unpaired) electrons. The van der Waals surface area contributed by atoms with E-state index in [-0.39, 0.29) is 24.8 Å². The minimum absolute atomic E-state index is 0.184. The number of pyridine rings is 1. The van der Waals surface area contributed by atoms with Gasteiger partial charge in [-0.25, -0.2) is 4.98 Å². The molecule has 0 fully saturated rings. The van der Waals surface area contributed by atoms with Crippen LogP contribution in [-0.4, -0.2) is 47.2 Å². The molecule has 3 rings (SSSR count). The van der Waals surface area contributed by atoms with Crippen molar-refractivity contribution in [2.45, 2.75) is 19.4 Å². The SMILES string of the molecule is Cc1ccnc(NC(=O)CN(C)C(=O)C(Cc2ccccc2)NC(=O)c2ccc(Cl)cc2)c1. The number of rotatable bonds is 8. The summed E-state index contributed by atoms with van der Waals surface area (Å²) in [5, 5.41) is 5.99. The summed E-state index contributed by atoms with van der Waals surface area (Å²) >= 11 is 5.90. The molecule has 2 N–H and O–H groups in total. The number of anilines is 1. The van der Waals surface area contributed by atoms with E-state index in [0.29, 0.717) is 16.4 Å². The average molecular weight is 465 g/mol. The van der Waals surface area contributed by atoms with Crippen molar-refractivity contribution in [3.05, 3.63) is 94.6 Å². The van der Waals surface area contributed by atoms with Gasteiger partial charge in [-0.05, 0) is 54.4 Å². The van der Waals surface area contributed by atoms with Crippen LogP contribution in [0.4, 0.5) is 5.82 Å². The third kappa shape index (κ3) is 7.15.